The van der Waals surface area contributed by atoms with E-state index in [1.807, 2.05) is 90.4 Å². The smallest absolute Gasteiger partial charge is 0.280 e. The highest BCUT2D eigenvalue weighted by Crippen LogP contribution is 2.26. The Morgan fingerprint density at radius 3 is 2.68 bits per heavy atom. The van der Waals surface area contributed by atoms with E-state index in [1.165, 1.54) is 11.3 Å². The molecule has 0 spiro atoms. The lowest BCUT2D eigenvalue weighted by Crippen LogP contribution is -2.16. The zero-order valence-electron chi connectivity index (χ0n) is 18.8. The molecule has 0 radical (unpaired) electrons. The fourth-order valence-electron chi connectivity index (χ4n) is 3.96. The van der Waals surface area contributed by atoms with Crippen molar-refractivity contribution >= 4 is 38.4 Å². The number of fused-ring (bicyclic) bond motifs is 2. The fraction of sp³-hybridized carbons (Fsp3) is 0.107. The molecule has 0 aliphatic carbocycles. The number of nitrogens with zero attached hydrogens (tertiary/aromatic N) is 3. The van der Waals surface area contributed by atoms with Crippen molar-refractivity contribution in [2.75, 3.05) is 6.61 Å². The maximum absolute atomic E-state index is 13.6. The number of carbonyl (C=O) groups is 1. The van der Waals surface area contributed by atoms with Gasteiger partial charge in [-0.1, -0.05) is 65.9 Å². The van der Waals surface area contributed by atoms with Crippen molar-refractivity contribution in [1.82, 2.24) is 9.55 Å². The van der Waals surface area contributed by atoms with E-state index in [0.29, 0.717) is 23.5 Å². The Bertz CT molecular complexity index is 1580. The quantitative estimate of drug-likeness (QED) is 0.279. The van der Waals surface area contributed by atoms with Crippen LogP contribution >= 0.6 is 11.3 Å². The Hall–Kier alpha value is -4.03. The summed E-state index contributed by atoms with van der Waals surface area (Å²) in [5, 5.41) is 0.783. The van der Waals surface area contributed by atoms with E-state index >= 15 is 0 Å². The zero-order valence-corrected chi connectivity index (χ0v) is 19.6. The minimum atomic E-state index is -0.301. The number of hydrogen-bond donors (Lipinski definition) is 0. The molecule has 0 bridgehead atoms. The van der Waals surface area contributed by atoms with Gasteiger partial charge >= 0.3 is 0 Å². The molecule has 5 aromatic rings. The summed E-state index contributed by atoms with van der Waals surface area (Å²) in [6.07, 6.45) is 1.81. The predicted octanol–water partition coefficient (Wildman–Crippen LogP) is 6.24. The highest BCUT2D eigenvalue weighted by atomic mass is 32.1. The Kier molecular flexibility index (Phi) is 6.06. The van der Waals surface area contributed by atoms with Crippen LogP contribution in [0.2, 0.25) is 0 Å². The molecule has 0 fully saturated rings. The van der Waals surface area contributed by atoms with Gasteiger partial charge in [0.1, 0.15) is 5.75 Å². The third-order valence-electron chi connectivity index (χ3n) is 5.49. The van der Waals surface area contributed by atoms with Gasteiger partial charge in [-0.05, 0) is 37.3 Å². The lowest BCUT2D eigenvalue weighted by Gasteiger charge is -2.08. The molecule has 1 amide bonds. The third-order valence-corrected chi connectivity index (χ3v) is 6.53. The number of benzene rings is 3. The highest BCUT2D eigenvalue weighted by Gasteiger charge is 2.15. The van der Waals surface area contributed by atoms with Crippen molar-refractivity contribution in [3.05, 3.63) is 102 Å². The molecule has 0 saturated carbocycles. The molecule has 6 heteroatoms. The summed E-state index contributed by atoms with van der Waals surface area (Å²) in [5.41, 5.74) is 3.98. The molecule has 34 heavy (non-hydrogen) atoms. The number of amides is 1. The second kappa shape index (κ2) is 9.45. The van der Waals surface area contributed by atoms with Crippen LogP contribution < -0.4 is 9.54 Å². The first-order chi connectivity index (χ1) is 16.7. The molecule has 2 aromatic heterocycles. The van der Waals surface area contributed by atoms with E-state index in [4.69, 9.17) is 9.72 Å². The van der Waals surface area contributed by atoms with Gasteiger partial charge in [0.25, 0.3) is 5.91 Å². The number of hydrogen-bond acceptors (Lipinski definition) is 4. The summed E-state index contributed by atoms with van der Waals surface area (Å²) in [6, 6.07) is 25.3. The van der Waals surface area contributed by atoms with Crippen LogP contribution in [0.3, 0.4) is 0 Å². The average molecular weight is 466 g/mol. The first-order valence-corrected chi connectivity index (χ1v) is 11.9. The number of aromatic nitrogens is 2. The molecule has 5 nitrogen and oxygen atoms in total. The Morgan fingerprint density at radius 2 is 1.88 bits per heavy atom. The van der Waals surface area contributed by atoms with Crippen molar-refractivity contribution in [3.8, 4) is 17.0 Å². The summed E-state index contributed by atoms with van der Waals surface area (Å²) in [4.78, 5) is 23.5. The standard InChI is InChI=1S/C28H23N3O2S/c1-3-16-31-25-15-14-20(33-4-2)17-26(25)34-28(31)30-27(32)22-18-24(19-10-6-5-7-11-19)29-23-13-9-8-12-21(22)23/h3,5-15,17-18H,1,4,16H2,2H3. The summed E-state index contributed by atoms with van der Waals surface area (Å²) < 4.78 is 8.66. The lowest BCUT2D eigenvalue weighted by atomic mass is 10.0. The number of para-hydroxylation sites is 1. The number of carbonyl (C=O) groups excluding carboxylic acids is 1. The van der Waals surface area contributed by atoms with Crippen LogP contribution in [0.15, 0.2) is 96.5 Å². The lowest BCUT2D eigenvalue weighted by molar-refractivity contribution is 0.0999. The van der Waals surface area contributed by atoms with Gasteiger partial charge in [0.05, 0.1) is 33.6 Å². The van der Waals surface area contributed by atoms with Gasteiger partial charge in [-0.3, -0.25) is 4.79 Å². The molecule has 0 saturated heterocycles. The molecule has 3 aromatic carbocycles. The maximum Gasteiger partial charge on any atom is 0.280 e. The Labute approximate surface area is 201 Å². The first-order valence-electron chi connectivity index (χ1n) is 11.1. The van der Waals surface area contributed by atoms with Crippen molar-refractivity contribution in [2.45, 2.75) is 13.5 Å². The van der Waals surface area contributed by atoms with E-state index < -0.39 is 0 Å². The van der Waals surface area contributed by atoms with Gasteiger partial charge in [-0.25, -0.2) is 4.98 Å². The van der Waals surface area contributed by atoms with Gasteiger partial charge in [0, 0.05) is 17.5 Å². The second-order valence-electron chi connectivity index (χ2n) is 7.70. The number of ether oxygens (including phenoxy) is 1. The molecule has 0 atom stereocenters. The fourth-order valence-corrected chi connectivity index (χ4v) is 5.02. The highest BCUT2D eigenvalue weighted by molar-refractivity contribution is 7.16. The van der Waals surface area contributed by atoms with Crippen LogP contribution in [-0.4, -0.2) is 22.1 Å². The summed E-state index contributed by atoms with van der Waals surface area (Å²) in [7, 11) is 0. The van der Waals surface area contributed by atoms with Gasteiger partial charge in [0.15, 0.2) is 4.80 Å². The number of allylic oxidation sites excluding steroid dienone is 1. The van der Waals surface area contributed by atoms with E-state index in [0.717, 1.165) is 38.1 Å². The predicted molar refractivity (Wildman–Crippen MR) is 138 cm³/mol. The van der Waals surface area contributed by atoms with Crippen LogP contribution in [0.25, 0.3) is 32.4 Å². The molecule has 0 N–H and O–H groups in total. The largest absolute Gasteiger partial charge is 0.494 e. The third kappa shape index (κ3) is 4.16. The minimum absolute atomic E-state index is 0.301. The van der Waals surface area contributed by atoms with Crippen LogP contribution in [0.5, 0.6) is 5.75 Å². The molecule has 168 valence electrons. The molecule has 0 aliphatic rings. The van der Waals surface area contributed by atoms with Crippen molar-refractivity contribution in [3.63, 3.8) is 0 Å². The van der Waals surface area contributed by atoms with Crippen LogP contribution in [0.1, 0.15) is 17.3 Å². The van der Waals surface area contributed by atoms with Crippen LogP contribution in [-0.2, 0) is 6.54 Å². The summed E-state index contributed by atoms with van der Waals surface area (Å²) in [6.45, 7) is 6.98. The van der Waals surface area contributed by atoms with E-state index in [1.54, 1.807) is 6.08 Å². The van der Waals surface area contributed by atoms with E-state index in [-0.39, 0.29) is 5.91 Å². The summed E-state index contributed by atoms with van der Waals surface area (Å²) in [5.74, 6) is 0.498. The molecule has 0 aliphatic heterocycles. The van der Waals surface area contributed by atoms with Gasteiger partial charge < -0.3 is 9.30 Å². The van der Waals surface area contributed by atoms with Gasteiger partial charge in [0.2, 0.25) is 0 Å². The zero-order chi connectivity index (χ0) is 23.5. The number of rotatable bonds is 6. The second-order valence-corrected chi connectivity index (χ2v) is 8.71. The molecule has 5 rings (SSSR count). The topological polar surface area (TPSA) is 56.5 Å². The SMILES string of the molecule is C=CCn1c(=NC(=O)c2cc(-c3ccccc3)nc3ccccc23)sc2cc(OCC)ccc21. The van der Waals surface area contributed by atoms with Crippen LogP contribution in [0, 0.1) is 0 Å². The normalized spacial score (nSPS) is 11.7. The van der Waals surface area contributed by atoms with Crippen molar-refractivity contribution < 1.29 is 9.53 Å². The molecule has 0 unspecified atom stereocenters. The van der Waals surface area contributed by atoms with E-state index in [2.05, 4.69) is 11.6 Å². The Morgan fingerprint density at radius 1 is 1.09 bits per heavy atom. The molecular weight excluding hydrogens is 442 g/mol. The average Bonchev–Trinajstić information content (AvgIpc) is 3.20. The number of thiazole rings is 1. The van der Waals surface area contributed by atoms with Crippen molar-refractivity contribution in [1.29, 1.82) is 0 Å². The number of pyridine rings is 1. The van der Waals surface area contributed by atoms with Gasteiger partial charge in [-0.2, -0.15) is 4.99 Å². The molecule has 2 heterocycles. The summed E-state index contributed by atoms with van der Waals surface area (Å²) >= 11 is 1.46. The van der Waals surface area contributed by atoms with Gasteiger partial charge in [-0.15, -0.1) is 6.58 Å². The van der Waals surface area contributed by atoms with Crippen molar-refractivity contribution in [2.24, 2.45) is 4.99 Å². The van der Waals surface area contributed by atoms with E-state index in [9.17, 15) is 4.79 Å². The van der Waals surface area contributed by atoms with Crippen LogP contribution in [0.4, 0.5) is 0 Å². The first kappa shape index (κ1) is 21.8. The minimum Gasteiger partial charge on any atom is -0.494 e. The maximum atomic E-state index is 13.6. The monoisotopic (exact) mass is 465 g/mol. The molecular formula is C28H23N3O2S. The Balaban J connectivity index is 1.68.